The Kier molecular flexibility index (Phi) is 4.94. The molecule has 0 fully saturated rings. The van der Waals surface area contributed by atoms with Crippen LogP contribution in [0, 0.1) is 0 Å². The van der Waals surface area contributed by atoms with Gasteiger partial charge in [-0.3, -0.25) is 14.6 Å². The van der Waals surface area contributed by atoms with Gasteiger partial charge in [-0.05, 0) is 31.2 Å². The molecule has 0 saturated heterocycles. The fourth-order valence-electron chi connectivity index (χ4n) is 1.58. The highest BCUT2D eigenvalue weighted by atomic mass is 32.2. The number of H-pyrrole nitrogens is 1. The van der Waals surface area contributed by atoms with Crippen molar-refractivity contribution in [3.63, 3.8) is 0 Å². The molecule has 2 aromatic rings. The molecule has 0 amide bonds. The summed E-state index contributed by atoms with van der Waals surface area (Å²) in [5.41, 5.74) is 0.377. The van der Waals surface area contributed by atoms with Crippen molar-refractivity contribution < 1.29 is 14.6 Å². The van der Waals surface area contributed by atoms with E-state index >= 15 is 0 Å². The highest BCUT2D eigenvalue weighted by Crippen LogP contribution is 2.18. The van der Waals surface area contributed by atoms with Crippen molar-refractivity contribution in [3.8, 4) is 17.0 Å². The minimum atomic E-state index is -0.988. The maximum Gasteiger partial charge on any atom is 0.313 e. The van der Waals surface area contributed by atoms with E-state index in [1.54, 1.807) is 24.3 Å². The van der Waals surface area contributed by atoms with Crippen LogP contribution in [-0.2, 0) is 4.79 Å². The smallest absolute Gasteiger partial charge is 0.313 e. The molecule has 2 N–H and O–H groups in total. The SMILES string of the molecule is CCOc1ccc(-c2nnc(SCC(=O)O)[nH]c2=O)cc1. The normalized spacial score (nSPS) is 10.3. The number of carbonyl (C=O) groups is 1. The number of benzene rings is 1. The summed E-state index contributed by atoms with van der Waals surface area (Å²) in [6, 6.07) is 6.92. The van der Waals surface area contributed by atoms with Crippen LogP contribution in [0.15, 0.2) is 34.2 Å². The zero-order valence-electron chi connectivity index (χ0n) is 11.2. The zero-order chi connectivity index (χ0) is 15.2. The van der Waals surface area contributed by atoms with Crippen LogP contribution in [0.5, 0.6) is 5.75 Å². The second-order valence-corrected chi connectivity index (χ2v) is 4.91. The van der Waals surface area contributed by atoms with Crippen molar-refractivity contribution in [3.05, 3.63) is 34.6 Å². The molecule has 1 aromatic heterocycles. The topological polar surface area (TPSA) is 105 Å². The number of carboxylic acids is 1. The second-order valence-electron chi connectivity index (χ2n) is 3.95. The van der Waals surface area contributed by atoms with Gasteiger partial charge >= 0.3 is 5.97 Å². The molecule has 21 heavy (non-hydrogen) atoms. The molecule has 0 radical (unpaired) electrons. The number of aromatic amines is 1. The van der Waals surface area contributed by atoms with Gasteiger partial charge in [0.25, 0.3) is 5.56 Å². The van der Waals surface area contributed by atoms with Crippen molar-refractivity contribution >= 4 is 17.7 Å². The molecule has 0 aliphatic carbocycles. The molecule has 0 aliphatic rings. The molecular formula is C13H13N3O4S. The van der Waals surface area contributed by atoms with Gasteiger partial charge in [0.05, 0.1) is 12.4 Å². The Labute approximate surface area is 124 Å². The minimum absolute atomic E-state index is 0.178. The van der Waals surface area contributed by atoms with E-state index in [1.807, 2.05) is 6.92 Å². The van der Waals surface area contributed by atoms with Crippen LogP contribution in [0.2, 0.25) is 0 Å². The lowest BCUT2D eigenvalue weighted by Gasteiger charge is -2.04. The molecule has 0 atom stereocenters. The first kappa shape index (κ1) is 15.0. The van der Waals surface area contributed by atoms with Gasteiger partial charge < -0.3 is 9.84 Å². The quantitative estimate of drug-likeness (QED) is 0.777. The van der Waals surface area contributed by atoms with E-state index in [1.165, 1.54) is 0 Å². The van der Waals surface area contributed by atoms with Crippen molar-refractivity contribution in [2.45, 2.75) is 12.1 Å². The van der Waals surface area contributed by atoms with Crippen molar-refractivity contribution in [2.24, 2.45) is 0 Å². The van der Waals surface area contributed by atoms with Crippen molar-refractivity contribution in [1.29, 1.82) is 0 Å². The minimum Gasteiger partial charge on any atom is -0.494 e. The lowest BCUT2D eigenvalue weighted by atomic mass is 10.1. The monoisotopic (exact) mass is 307 g/mol. The standard InChI is InChI=1S/C13H13N3O4S/c1-2-20-9-5-3-8(4-6-9)11-12(19)14-13(16-15-11)21-7-10(17)18/h3-6H,2,7H2,1H3,(H,17,18)(H,14,16,19). The first-order valence-corrected chi connectivity index (χ1v) is 7.13. The van der Waals surface area contributed by atoms with Crippen LogP contribution in [-0.4, -0.2) is 38.6 Å². The Morgan fingerprint density at radius 1 is 1.33 bits per heavy atom. The van der Waals surface area contributed by atoms with E-state index in [0.717, 1.165) is 11.8 Å². The highest BCUT2D eigenvalue weighted by Gasteiger charge is 2.09. The van der Waals surface area contributed by atoms with E-state index in [-0.39, 0.29) is 16.6 Å². The molecular weight excluding hydrogens is 294 g/mol. The van der Waals surface area contributed by atoms with E-state index in [9.17, 15) is 9.59 Å². The lowest BCUT2D eigenvalue weighted by molar-refractivity contribution is -0.133. The number of thioether (sulfide) groups is 1. The average molecular weight is 307 g/mol. The Balaban J connectivity index is 2.20. The average Bonchev–Trinajstić information content (AvgIpc) is 2.47. The summed E-state index contributed by atoms with van der Waals surface area (Å²) >= 11 is 0.907. The predicted molar refractivity (Wildman–Crippen MR) is 77.6 cm³/mol. The summed E-state index contributed by atoms with van der Waals surface area (Å²) < 4.78 is 5.32. The summed E-state index contributed by atoms with van der Waals surface area (Å²) in [5.74, 6) is -0.468. The fraction of sp³-hybridized carbons (Fsp3) is 0.231. The van der Waals surface area contributed by atoms with Crippen molar-refractivity contribution in [1.82, 2.24) is 15.2 Å². The number of rotatable bonds is 6. The third kappa shape index (κ3) is 4.06. The molecule has 0 unspecified atom stereocenters. The first-order chi connectivity index (χ1) is 10.1. The van der Waals surface area contributed by atoms with Gasteiger partial charge in [0.2, 0.25) is 0 Å². The van der Waals surface area contributed by atoms with E-state index in [4.69, 9.17) is 9.84 Å². The van der Waals surface area contributed by atoms with Gasteiger partial charge in [-0.15, -0.1) is 10.2 Å². The van der Waals surface area contributed by atoms with Crippen LogP contribution in [0.25, 0.3) is 11.3 Å². The molecule has 0 saturated carbocycles. The predicted octanol–water partition coefficient (Wildman–Crippen LogP) is 1.41. The number of aliphatic carboxylic acids is 1. The highest BCUT2D eigenvalue weighted by molar-refractivity contribution is 7.99. The first-order valence-electron chi connectivity index (χ1n) is 6.15. The maximum atomic E-state index is 11.9. The molecule has 1 heterocycles. The molecule has 8 heteroatoms. The van der Waals surface area contributed by atoms with Crippen molar-refractivity contribution in [2.75, 3.05) is 12.4 Å². The maximum absolute atomic E-state index is 11.9. The van der Waals surface area contributed by atoms with Crippen LogP contribution < -0.4 is 10.3 Å². The summed E-state index contributed by atoms with van der Waals surface area (Å²) in [7, 11) is 0. The third-order valence-corrected chi connectivity index (χ3v) is 3.30. The van der Waals surface area contributed by atoms with Gasteiger partial charge in [0.15, 0.2) is 10.9 Å². The Morgan fingerprint density at radius 2 is 2.05 bits per heavy atom. The third-order valence-electron chi connectivity index (χ3n) is 2.45. The number of nitrogens with one attached hydrogen (secondary N) is 1. The molecule has 0 bridgehead atoms. The van der Waals surface area contributed by atoms with Crippen LogP contribution >= 0.6 is 11.8 Å². The fourth-order valence-corrected chi connectivity index (χ4v) is 2.11. The largest absolute Gasteiger partial charge is 0.494 e. The van der Waals surface area contributed by atoms with Gasteiger partial charge in [0.1, 0.15) is 5.75 Å². The summed E-state index contributed by atoms with van der Waals surface area (Å²) in [6.07, 6.45) is 0. The Morgan fingerprint density at radius 3 is 2.62 bits per heavy atom. The van der Waals surface area contributed by atoms with E-state index in [0.29, 0.717) is 17.9 Å². The lowest BCUT2D eigenvalue weighted by Crippen LogP contribution is -2.14. The summed E-state index contributed by atoms with van der Waals surface area (Å²) in [6.45, 7) is 2.45. The van der Waals surface area contributed by atoms with Gasteiger partial charge in [-0.1, -0.05) is 11.8 Å². The number of ether oxygens (including phenoxy) is 1. The number of carboxylic acid groups (broad SMARTS) is 1. The molecule has 1 aromatic carbocycles. The van der Waals surface area contributed by atoms with Crippen LogP contribution in [0.1, 0.15) is 6.92 Å². The Hall–Kier alpha value is -2.35. The molecule has 0 aliphatic heterocycles. The second kappa shape index (κ2) is 6.89. The van der Waals surface area contributed by atoms with Crippen LogP contribution in [0.3, 0.4) is 0 Å². The zero-order valence-corrected chi connectivity index (χ0v) is 12.0. The number of hydrogen-bond donors (Lipinski definition) is 2. The van der Waals surface area contributed by atoms with E-state index < -0.39 is 11.5 Å². The molecule has 110 valence electrons. The van der Waals surface area contributed by atoms with Gasteiger partial charge in [-0.25, -0.2) is 0 Å². The Bertz CT molecular complexity index is 685. The number of hydrogen-bond acceptors (Lipinski definition) is 6. The molecule has 0 spiro atoms. The summed E-state index contributed by atoms with van der Waals surface area (Å²) in [5, 5.41) is 16.4. The van der Waals surface area contributed by atoms with Crippen LogP contribution in [0.4, 0.5) is 0 Å². The number of aromatic nitrogens is 3. The van der Waals surface area contributed by atoms with Gasteiger partial charge in [-0.2, -0.15) is 0 Å². The van der Waals surface area contributed by atoms with Gasteiger partial charge in [0, 0.05) is 5.56 Å². The number of nitrogens with zero attached hydrogens (tertiary/aromatic N) is 2. The van der Waals surface area contributed by atoms with E-state index in [2.05, 4.69) is 15.2 Å². The molecule has 7 nitrogen and oxygen atoms in total. The summed E-state index contributed by atoms with van der Waals surface area (Å²) in [4.78, 5) is 24.9. The molecule has 2 rings (SSSR count).